The Morgan fingerprint density at radius 1 is 1.14 bits per heavy atom. The predicted molar refractivity (Wildman–Crippen MR) is 111 cm³/mol. The van der Waals surface area contributed by atoms with Crippen LogP contribution in [0.1, 0.15) is 11.1 Å². The van der Waals surface area contributed by atoms with E-state index in [4.69, 9.17) is 5.73 Å². The Labute approximate surface area is 165 Å². The largest absolute Gasteiger partial charge is 0.397 e. The van der Waals surface area contributed by atoms with Gasteiger partial charge in [-0.05, 0) is 42.8 Å². The fourth-order valence-electron chi connectivity index (χ4n) is 3.51. The van der Waals surface area contributed by atoms with E-state index in [1.165, 1.54) is 18.5 Å². The van der Waals surface area contributed by atoms with E-state index in [1.54, 1.807) is 23.0 Å². The first kappa shape index (κ1) is 17.2. The van der Waals surface area contributed by atoms with E-state index in [0.29, 0.717) is 18.1 Å². The molecule has 3 aromatic heterocycles. The number of fused-ring (bicyclic) bond motifs is 2. The number of benzene rings is 2. The summed E-state index contributed by atoms with van der Waals surface area (Å²) in [7, 11) is 0. The number of hydrogen-bond donors (Lipinski definition) is 2. The number of halogens is 1. The number of aromatic nitrogens is 5. The van der Waals surface area contributed by atoms with Crippen molar-refractivity contribution < 1.29 is 4.39 Å². The zero-order valence-electron chi connectivity index (χ0n) is 15.7. The summed E-state index contributed by atoms with van der Waals surface area (Å²) in [4.78, 5) is 4.37. The molecule has 7 nitrogen and oxygen atoms in total. The topological polar surface area (TPSA) is 86.1 Å². The Hall–Kier alpha value is -3.94. The fourth-order valence-corrected chi connectivity index (χ4v) is 3.51. The third-order valence-corrected chi connectivity index (χ3v) is 4.99. The summed E-state index contributed by atoms with van der Waals surface area (Å²) in [6.07, 6.45) is 5.07. The Kier molecular flexibility index (Phi) is 3.90. The molecule has 0 aliphatic heterocycles. The summed E-state index contributed by atoms with van der Waals surface area (Å²) >= 11 is 0. The molecular formula is C21H18FN7. The molecule has 5 aromatic rings. The molecule has 0 aliphatic carbocycles. The van der Waals surface area contributed by atoms with Crippen molar-refractivity contribution in [3.05, 3.63) is 78.1 Å². The van der Waals surface area contributed by atoms with Crippen LogP contribution in [-0.2, 0) is 6.54 Å². The summed E-state index contributed by atoms with van der Waals surface area (Å²) in [6.45, 7) is 2.45. The highest BCUT2D eigenvalue weighted by Gasteiger charge is 2.12. The highest BCUT2D eigenvalue weighted by atomic mass is 19.1. The lowest BCUT2D eigenvalue weighted by atomic mass is 10.2. The van der Waals surface area contributed by atoms with Gasteiger partial charge in [0.2, 0.25) is 0 Å². The lowest BCUT2D eigenvalue weighted by Crippen LogP contribution is -2.02. The fraction of sp³-hybridized carbons (Fsp3) is 0.0952. The molecule has 0 radical (unpaired) electrons. The first-order valence-corrected chi connectivity index (χ1v) is 9.14. The zero-order chi connectivity index (χ0) is 20.0. The van der Waals surface area contributed by atoms with Gasteiger partial charge in [-0.15, -0.1) is 0 Å². The first-order chi connectivity index (χ1) is 14.1. The quantitative estimate of drug-likeness (QED) is 0.488. The molecule has 3 N–H and O–H groups in total. The lowest BCUT2D eigenvalue weighted by Gasteiger charge is -2.09. The third kappa shape index (κ3) is 3.04. The molecule has 0 atom stereocenters. The molecule has 0 spiro atoms. The molecule has 0 saturated heterocycles. The van der Waals surface area contributed by atoms with Crippen LogP contribution in [0, 0.1) is 12.7 Å². The van der Waals surface area contributed by atoms with Gasteiger partial charge in [0.15, 0.2) is 5.82 Å². The first-order valence-electron chi connectivity index (χ1n) is 9.14. The number of anilines is 3. The van der Waals surface area contributed by atoms with Crippen LogP contribution in [-0.4, -0.2) is 24.4 Å². The van der Waals surface area contributed by atoms with Crippen molar-refractivity contribution in [1.82, 2.24) is 24.4 Å². The van der Waals surface area contributed by atoms with Gasteiger partial charge in [0.05, 0.1) is 30.1 Å². The van der Waals surface area contributed by atoms with Crippen LogP contribution in [0.25, 0.3) is 16.4 Å². The van der Waals surface area contributed by atoms with Gasteiger partial charge in [-0.3, -0.25) is 4.68 Å². The molecule has 0 unspecified atom stereocenters. The number of nitrogens with two attached hydrogens (primary N) is 1. The summed E-state index contributed by atoms with van der Waals surface area (Å²) in [5.41, 5.74) is 11.2. The number of nitrogen functional groups attached to an aromatic ring is 1. The molecule has 2 aromatic carbocycles. The zero-order valence-corrected chi connectivity index (χ0v) is 15.7. The second-order valence-electron chi connectivity index (χ2n) is 6.94. The number of nitrogens with one attached hydrogen (secondary N) is 1. The SMILES string of the molecule is Cc1c(N)cn2ncnc(Nc3ccc4c(cnn4Cc4cccc(F)c4)c3)c12. The highest BCUT2D eigenvalue weighted by molar-refractivity contribution is 5.86. The molecule has 29 heavy (non-hydrogen) atoms. The normalized spacial score (nSPS) is 11.4. The minimum Gasteiger partial charge on any atom is -0.397 e. The van der Waals surface area contributed by atoms with Gasteiger partial charge in [-0.1, -0.05) is 12.1 Å². The van der Waals surface area contributed by atoms with Crippen molar-refractivity contribution >= 4 is 33.6 Å². The average Bonchev–Trinajstić information content (AvgIpc) is 3.23. The van der Waals surface area contributed by atoms with Crippen molar-refractivity contribution in [3.8, 4) is 0 Å². The highest BCUT2D eigenvalue weighted by Crippen LogP contribution is 2.28. The van der Waals surface area contributed by atoms with Gasteiger partial charge in [0, 0.05) is 16.6 Å². The smallest absolute Gasteiger partial charge is 0.158 e. The Morgan fingerprint density at radius 3 is 2.90 bits per heavy atom. The molecular weight excluding hydrogens is 369 g/mol. The molecule has 5 rings (SSSR count). The van der Waals surface area contributed by atoms with Crippen LogP contribution in [0.5, 0.6) is 0 Å². The van der Waals surface area contributed by atoms with E-state index in [1.807, 2.05) is 35.9 Å². The maximum atomic E-state index is 13.5. The van der Waals surface area contributed by atoms with E-state index >= 15 is 0 Å². The summed E-state index contributed by atoms with van der Waals surface area (Å²) in [6, 6.07) is 12.5. The summed E-state index contributed by atoms with van der Waals surface area (Å²) in [5, 5.41) is 13.0. The minimum atomic E-state index is -0.247. The van der Waals surface area contributed by atoms with Crippen molar-refractivity contribution in [3.63, 3.8) is 0 Å². The van der Waals surface area contributed by atoms with Crippen LogP contribution in [0.2, 0.25) is 0 Å². The van der Waals surface area contributed by atoms with Crippen molar-refractivity contribution in [2.45, 2.75) is 13.5 Å². The van der Waals surface area contributed by atoms with Crippen LogP contribution in [0.3, 0.4) is 0 Å². The molecule has 3 heterocycles. The van der Waals surface area contributed by atoms with E-state index in [9.17, 15) is 4.39 Å². The van der Waals surface area contributed by atoms with Gasteiger partial charge in [-0.2, -0.15) is 10.2 Å². The van der Waals surface area contributed by atoms with Crippen LogP contribution < -0.4 is 11.1 Å². The monoisotopic (exact) mass is 387 g/mol. The van der Waals surface area contributed by atoms with Crippen molar-refractivity contribution in [2.75, 3.05) is 11.1 Å². The standard InChI is InChI=1S/C21H18FN7/c1-13-18(23)11-29-20(13)21(24-12-26-29)27-17-5-6-19-15(8-17)9-25-28(19)10-14-3-2-4-16(22)7-14/h2-9,11-12H,10,23H2,1H3,(H,24,26,27). The molecule has 0 saturated carbocycles. The summed E-state index contributed by atoms with van der Waals surface area (Å²) in [5.74, 6) is 0.434. The Morgan fingerprint density at radius 2 is 2.03 bits per heavy atom. The molecule has 0 bridgehead atoms. The van der Waals surface area contributed by atoms with Gasteiger partial charge in [0.25, 0.3) is 0 Å². The second kappa shape index (κ2) is 6.59. The van der Waals surface area contributed by atoms with Crippen LogP contribution in [0.4, 0.5) is 21.6 Å². The van der Waals surface area contributed by atoms with E-state index in [0.717, 1.165) is 33.2 Å². The Bertz CT molecular complexity index is 1350. The molecule has 8 heteroatoms. The van der Waals surface area contributed by atoms with E-state index in [2.05, 4.69) is 20.5 Å². The maximum Gasteiger partial charge on any atom is 0.158 e. The van der Waals surface area contributed by atoms with Crippen LogP contribution in [0.15, 0.2) is 61.2 Å². The molecule has 0 aliphatic rings. The number of hydrogen-bond acceptors (Lipinski definition) is 5. The van der Waals surface area contributed by atoms with Crippen molar-refractivity contribution in [2.24, 2.45) is 0 Å². The minimum absolute atomic E-state index is 0.247. The predicted octanol–water partition coefficient (Wildman–Crippen LogP) is 3.90. The number of nitrogens with zero attached hydrogens (tertiary/aromatic N) is 5. The third-order valence-electron chi connectivity index (χ3n) is 4.99. The van der Waals surface area contributed by atoms with Gasteiger partial charge >= 0.3 is 0 Å². The Balaban J connectivity index is 1.47. The van der Waals surface area contributed by atoms with Crippen LogP contribution >= 0.6 is 0 Å². The van der Waals surface area contributed by atoms with Gasteiger partial charge < -0.3 is 11.1 Å². The lowest BCUT2D eigenvalue weighted by molar-refractivity contribution is 0.621. The molecule has 0 amide bonds. The second-order valence-corrected chi connectivity index (χ2v) is 6.94. The van der Waals surface area contributed by atoms with E-state index in [-0.39, 0.29) is 5.82 Å². The maximum absolute atomic E-state index is 13.5. The summed E-state index contributed by atoms with van der Waals surface area (Å²) < 4.78 is 17.0. The van der Waals surface area contributed by atoms with Crippen molar-refractivity contribution in [1.29, 1.82) is 0 Å². The van der Waals surface area contributed by atoms with Gasteiger partial charge in [-0.25, -0.2) is 13.9 Å². The average molecular weight is 387 g/mol. The molecule has 0 fully saturated rings. The van der Waals surface area contributed by atoms with E-state index < -0.39 is 0 Å². The van der Waals surface area contributed by atoms with Gasteiger partial charge in [0.1, 0.15) is 17.7 Å². The molecule has 144 valence electrons. The number of aryl methyl sites for hydroxylation is 1. The number of rotatable bonds is 4.